The zero-order valence-corrected chi connectivity index (χ0v) is 11.9. The summed E-state index contributed by atoms with van der Waals surface area (Å²) in [5.74, 6) is 0.725. The van der Waals surface area contributed by atoms with E-state index >= 15 is 0 Å². The van der Waals surface area contributed by atoms with Gasteiger partial charge in [-0.05, 0) is 37.8 Å². The van der Waals surface area contributed by atoms with Gasteiger partial charge in [-0.15, -0.1) is 0 Å². The van der Waals surface area contributed by atoms with Crippen molar-refractivity contribution >= 4 is 5.91 Å². The number of carbonyl (C=O) groups excluding carboxylic acids is 1. The fourth-order valence-electron chi connectivity index (χ4n) is 2.56. The highest BCUT2D eigenvalue weighted by atomic mass is 16.1. The van der Waals surface area contributed by atoms with E-state index in [0.29, 0.717) is 24.9 Å². The summed E-state index contributed by atoms with van der Waals surface area (Å²) in [6, 6.07) is 0.334. The van der Waals surface area contributed by atoms with E-state index in [0.717, 1.165) is 18.7 Å². The Morgan fingerprint density at radius 2 is 2.47 bits per heavy atom. The fraction of sp³-hybridized carbons (Fsp3) is 0.714. The molecule has 0 aromatic carbocycles. The van der Waals surface area contributed by atoms with Gasteiger partial charge in [0.2, 0.25) is 5.91 Å². The smallest absolute Gasteiger partial charge is 0.221 e. The van der Waals surface area contributed by atoms with Gasteiger partial charge in [-0.2, -0.15) is 5.10 Å². The lowest BCUT2D eigenvalue weighted by atomic mass is 9.90. The van der Waals surface area contributed by atoms with Crippen molar-refractivity contribution in [2.45, 2.75) is 45.7 Å². The first-order valence-corrected chi connectivity index (χ1v) is 7.14. The van der Waals surface area contributed by atoms with E-state index in [1.807, 2.05) is 24.0 Å². The van der Waals surface area contributed by atoms with Gasteiger partial charge in [0.05, 0.1) is 12.7 Å². The number of nitrogens with one attached hydrogen (secondary N) is 2. The second kappa shape index (κ2) is 6.70. The lowest BCUT2D eigenvalue weighted by Gasteiger charge is -2.29. The Bertz CT molecular complexity index is 415. The number of nitrogens with zero attached hydrogens (tertiary/aromatic N) is 2. The third-order valence-corrected chi connectivity index (χ3v) is 3.76. The molecule has 0 spiro atoms. The molecule has 1 aliphatic rings. The number of aromatic nitrogens is 2. The maximum Gasteiger partial charge on any atom is 0.221 e. The van der Waals surface area contributed by atoms with Gasteiger partial charge >= 0.3 is 0 Å². The minimum atomic E-state index is 0.134. The summed E-state index contributed by atoms with van der Waals surface area (Å²) in [6.07, 6.45) is 6.83. The van der Waals surface area contributed by atoms with Gasteiger partial charge in [0.1, 0.15) is 0 Å². The number of carbonyl (C=O) groups is 1. The molecule has 0 aliphatic carbocycles. The van der Waals surface area contributed by atoms with Crippen molar-refractivity contribution in [1.29, 1.82) is 0 Å². The van der Waals surface area contributed by atoms with Crippen molar-refractivity contribution < 1.29 is 4.79 Å². The van der Waals surface area contributed by atoms with Crippen LogP contribution in [0.5, 0.6) is 0 Å². The molecule has 1 fully saturated rings. The molecule has 0 saturated carbocycles. The molecule has 0 bridgehead atoms. The SMILES string of the molecule is Cc1cnn(CCNC(=O)CC2NCCCC2C)c1. The highest BCUT2D eigenvalue weighted by Gasteiger charge is 2.22. The van der Waals surface area contributed by atoms with Crippen molar-refractivity contribution in [3.63, 3.8) is 0 Å². The van der Waals surface area contributed by atoms with E-state index in [9.17, 15) is 4.79 Å². The molecule has 0 radical (unpaired) electrons. The van der Waals surface area contributed by atoms with Crippen molar-refractivity contribution in [1.82, 2.24) is 20.4 Å². The molecule has 2 unspecified atom stereocenters. The molecule has 1 saturated heterocycles. The van der Waals surface area contributed by atoms with E-state index in [1.165, 1.54) is 12.8 Å². The van der Waals surface area contributed by atoms with Crippen LogP contribution in [0.15, 0.2) is 12.4 Å². The first-order valence-electron chi connectivity index (χ1n) is 7.14. The first kappa shape index (κ1) is 14.1. The Kier molecular flexibility index (Phi) is 4.96. The minimum absolute atomic E-state index is 0.134. The van der Waals surface area contributed by atoms with Crippen LogP contribution >= 0.6 is 0 Å². The van der Waals surface area contributed by atoms with Crippen LogP contribution in [0.4, 0.5) is 0 Å². The molecule has 1 amide bonds. The summed E-state index contributed by atoms with van der Waals surface area (Å²) in [4.78, 5) is 11.9. The average Bonchev–Trinajstić information content (AvgIpc) is 2.78. The Morgan fingerprint density at radius 1 is 1.63 bits per heavy atom. The largest absolute Gasteiger partial charge is 0.354 e. The molecular formula is C14H24N4O. The standard InChI is InChI=1S/C14H24N4O/c1-11-9-17-18(10-11)7-6-16-14(19)8-13-12(2)4-3-5-15-13/h9-10,12-13,15H,3-8H2,1-2H3,(H,16,19). The van der Waals surface area contributed by atoms with Gasteiger partial charge in [-0.1, -0.05) is 6.92 Å². The van der Waals surface area contributed by atoms with Gasteiger partial charge in [0.25, 0.3) is 0 Å². The molecule has 2 atom stereocenters. The highest BCUT2D eigenvalue weighted by Crippen LogP contribution is 2.17. The third kappa shape index (κ3) is 4.35. The van der Waals surface area contributed by atoms with E-state index < -0.39 is 0 Å². The van der Waals surface area contributed by atoms with Crippen LogP contribution in [-0.4, -0.2) is 34.8 Å². The second-order valence-electron chi connectivity index (χ2n) is 5.51. The minimum Gasteiger partial charge on any atom is -0.354 e. The zero-order chi connectivity index (χ0) is 13.7. The van der Waals surface area contributed by atoms with E-state index in [4.69, 9.17) is 0 Å². The van der Waals surface area contributed by atoms with Gasteiger partial charge in [-0.3, -0.25) is 9.48 Å². The van der Waals surface area contributed by atoms with Crippen molar-refractivity contribution in [2.24, 2.45) is 5.92 Å². The number of hydrogen-bond acceptors (Lipinski definition) is 3. The number of amides is 1. The molecule has 1 aromatic heterocycles. The van der Waals surface area contributed by atoms with Gasteiger partial charge in [-0.25, -0.2) is 0 Å². The maximum atomic E-state index is 11.9. The predicted molar refractivity (Wildman–Crippen MR) is 74.8 cm³/mol. The number of piperidine rings is 1. The van der Waals surface area contributed by atoms with Crippen LogP contribution < -0.4 is 10.6 Å². The van der Waals surface area contributed by atoms with E-state index in [-0.39, 0.29) is 5.91 Å². The summed E-state index contributed by atoms with van der Waals surface area (Å²) in [5, 5.41) is 10.6. The Balaban J connectivity index is 1.66. The van der Waals surface area contributed by atoms with Crippen LogP contribution in [0.2, 0.25) is 0 Å². The molecule has 1 aliphatic heterocycles. The fourth-order valence-corrected chi connectivity index (χ4v) is 2.56. The summed E-state index contributed by atoms with van der Waals surface area (Å²) in [7, 11) is 0. The van der Waals surface area contributed by atoms with Crippen molar-refractivity contribution in [3.05, 3.63) is 18.0 Å². The van der Waals surface area contributed by atoms with Crippen molar-refractivity contribution in [3.8, 4) is 0 Å². The monoisotopic (exact) mass is 264 g/mol. The molecule has 19 heavy (non-hydrogen) atoms. The van der Waals surface area contributed by atoms with E-state index in [1.54, 1.807) is 0 Å². The molecule has 2 N–H and O–H groups in total. The topological polar surface area (TPSA) is 59.0 Å². The molecule has 2 heterocycles. The molecule has 1 aromatic rings. The summed E-state index contributed by atoms with van der Waals surface area (Å²) in [6.45, 7) is 6.64. The summed E-state index contributed by atoms with van der Waals surface area (Å²) < 4.78 is 1.86. The van der Waals surface area contributed by atoms with Crippen LogP contribution in [0.25, 0.3) is 0 Å². The number of hydrogen-bond donors (Lipinski definition) is 2. The number of aryl methyl sites for hydroxylation is 1. The Hall–Kier alpha value is -1.36. The lowest BCUT2D eigenvalue weighted by molar-refractivity contribution is -0.122. The number of rotatable bonds is 5. The summed E-state index contributed by atoms with van der Waals surface area (Å²) in [5.41, 5.74) is 1.14. The van der Waals surface area contributed by atoms with Gasteiger partial charge < -0.3 is 10.6 Å². The quantitative estimate of drug-likeness (QED) is 0.837. The molecule has 2 rings (SSSR count). The highest BCUT2D eigenvalue weighted by molar-refractivity contribution is 5.76. The zero-order valence-electron chi connectivity index (χ0n) is 11.9. The van der Waals surface area contributed by atoms with Crippen LogP contribution in [-0.2, 0) is 11.3 Å². The molecule has 5 heteroatoms. The van der Waals surface area contributed by atoms with Crippen LogP contribution in [0, 0.1) is 12.8 Å². The first-order chi connectivity index (χ1) is 9.15. The second-order valence-corrected chi connectivity index (χ2v) is 5.51. The maximum absolute atomic E-state index is 11.9. The van der Waals surface area contributed by atoms with Gasteiger partial charge in [0.15, 0.2) is 0 Å². The lowest BCUT2D eigenvalue weighted by Crippen LogP contribution is -2.43. The average molecular weight is 264 g/mol. The third-order valence-electron chi connectivity index (χ3n) is 3.76. The van der Waals surface area contributed by atoms with Crippen molar-refractivity contribution in [2.75, 3.05) is 13.1 Å². The Morgan fingerprint density at radius 3 is 3.16 bits per heavy atom. The van der Waals surface area contributed by atoms with Crippen LogP contribution in [0.3, 0.4) is 0 Å². The van der Waals surface area contributed by atoms with Crippen LogP contribution in [0.1, 0.15) is 31.7 Å². The molecular weight excluding hydrogens is 240 g/mol. The normalized spacial score (nSPS) is 23.3. The summed E-state index contributed by atoms with van der Waals surface area (Å²) >= 11 is 0. The molecule has 5 nitrogen and oxygen atoms in total. The van der Waals surface area contributed by atoms with E-state index in [2.05, 4.69) is 22.7 Å². The predicted octanol–water partition coefficient (Wildman–Crippen LogP) is 1.09. The Labute approximate surface area is 114 Å². The van der Waals surface area contributed by atoms with Gasteiger partial charge in [0, 0.05) is 25.2 Å². The molecule has 106 valence electrons.